The molecule has 0 unspecified atom stereocenters. The number of aromatic nitrogens is 2. The Labute approximate surface area is 242 Å². The van der Waals surface area contributed by atoms with Crippen LogP contribution in [0.5, 0.6) is 0 Å². The molecule has 1 aliphatic rings. The molecule has 0 saturated carbocycles. The van der Waals surface area contributed by atoms with Gasteiger partial charge in [-0.2, -0.15) is 0 Å². The van der Waals surface area contributed by atoms with Gasteiger partial charge in [-0.3, -0.25) is 0 Å². The molecule has 0 aliphatic carbocycles. The summed E-state index contributed by atoms with van der Waals surface area (Å²) in [6.45, 7) is 16.0. The van der Waals surface area contributed by atoms with Crippen LogP contribution in [0, 0.1) is 27.7 Å². The zero-order valence-corrected chi connectivity index (χ0v) is 25.1. The molecule has 0 N–H and O–H groups in total. The Morgan fingerprint density at radius 1 is 0.561 bits per heavy atom. The molecule has 0 bridgehead atoms. The monoisotopic (exact) mass is 530 g/mol. The third kappa shape index (κ3) is 3.26. The molecule has 0 fully saturated rings. The van der Waals surface area contributed by atoms with E-state index in [1.807, 2.05) is 0 Å². The Morgan fingerprint density at radius 3 is 1.85 bits per heavy atom. The number of fused-ring (bicyclic) bond motifs is 8. The first kappa shape index (κ1) is 24.6. The van der Waals surface area contributed by atoms with Crippen LogP contribution >= 0.6 is 0 Å². The van der Waals surface area contributed by atoms with E-state index in [9.17, 15) is 0 Å². The van der Waals surface area contributed by atoms with Gasteiger partial charge in [0.15, 0.2) is 0 Å². The Kier molecular flexibility index (Phi) is 4.89. The molecule has 0 amide bonds. The molecule has 0 spiro atoms. The lowest BCUT2D eigenvalue weighted by molar-refractivity contribution is 0.591. The minimum Gasteiger partial charge on any atom is -0.375 e. The van der Waals surface area contributed by atoms with Crippen LogP contribution in [0.1, 0.15) is 48.6 Å². The summed E-state index contributed by atoms with van der Waals surface area (Å²) in [5.41, 5.74) is 16.1. The van der Waals surface area contributed by atoms with E-state index >= 15 is 0 Å². The number of benzene rings is 5. The maximum atomic E-state index is 2.67. The predicted molar refractivity (Wildman–Crippen MR) is 178 cm³/mol. The van der Waals surface area contributed by atoms with Crippen molar-refractivity contribution in [1.82, 2.24) is 9.05 Å². The summed E-state index contributed by atoms with van der Waals surface area (Å²) in [5.74, 6) is 0. The van der Waals surface area contributed by atoms with Gasteiger partial charge in [0.05, 0.1) is 11.0 Å². The van der Waals surface area contributed by atoms with Gasteiger partial charge in [0.1, 0.15) is 0 Å². The summed E-state index contributed by atoms with van der Waals surface area (Å²) >= 11 is 0. The third-order valence-electron chi connectivity index (χ3n) is 9.37. The van der Waals surface area contributed by atoms with Gasteiger partial charge < -0.3 is 9.05 Å². The highest BCUT2D eigenvalue weighted by Crippen LogP contribution is 2.39. The summed E-state index contributed by atoms with van der Waals surface area (Å²) in [4.78, 5) is 0. The summed E-state index contributed by atoms with van der Waals surface area (Å²) in [7, 11) is 0. The molecule has 0 atom stereocenters. The van der Waals surface area contributed by atoms with Crippen molar-refractivity contribution in [1.29, 1.82) is 0 Å². The summed E-state index contributed by atoms with van der Waals surface area (Å²) < 4.78 is 5.21. The minimum absolute atomic E-state index is 0.0663. The minimum atomic E-state index is 0.0663. The molecule has 0 radical (unpaired) electrons. The highest BCUT2D eigenvalue weighted by Gasteiger charge is 2.36. The van der Waals surface area contributed by atoms with E-state index in [4.69, 9.17) is 0 Å². The lowest BCUT2D eigenvalue weighted by atomic mass is 9.48. The van der Waals surface area contributed by atoms with Crippen molar-refractivity contribution in [3.8, 4) is 5.69 Å². The lowest BCUT2D eigenvalue weighted by Gasteiger charge is -2.29. The molecular weight excluding hydrogens is 495 g/mol. The molecule has 1 aliphatic heterocycles. The van der Waals surface area contributed by atoms with Crippen molar-refractivity contribution in [2.75, 3.05) is 0 Å². The summed E-state index contributed by atoms with van der Waals surface area (Å²) in [6, 6.07) is 32.6. The number of hydrogen-bond acceptors (Lipinski definition) is 0. The average Bonchev–Trinajstić information content (AvgIpc) is 3.43. The first-order valence-corrected chi connectivity index (χ1v) is 14.8. The number of hydrogen-bond donors (Lipinski definition) is 0. The molecule has 8 rings (SSSR count). The second-order valence-corrected chi connectivity index (χ2v) is 13.3. The van der Waals surface area contributed by atoms with E-state index in [0.717, 1.165) is 0 Å². The van der Waals surface area contributed by atoms with E-state index in [1.165, 1.54) is 88.0 Å². The van der Waals surface area contributed by atoms with E-state index in [2.05, 4.69) is 142 Å². The van der Waals surface area contributed by atoms with Gasteiger partial charge in [-0.25, -0.2) is 0 Å². The van der Waals surface area contributed by atoms with E-state index in [1.54, 1.807) is 0 Å². The van der Waals surface area contributed by atoms with Crippen LogP contribution in [0.3, 0.4) is 0 Å². The predicted octanol–water partition coefficient (Wildman–Crippen LogP) is 8.39. The van der Waals surface area contributed by atoms with Crippen molar-refractivity contribution in [2.45, 2.75) is 53.9 Å². The fourth-order valence-corrected chi connectivity index (χ4v) is 7.74. The number of aryl methyl sites for hydroxylation is 4. The quantitative estimate of drug-likeness (QED) is 0.189. The maximum Gasteiger partial charge on any atom is 0.332 e. The Balaban J connectivity index is 1.58. The Hall–Kier alpha value is -4.24. The zero-order chi connectivity index (χ0) is 28.4. The highest BCUT2D eigenvalue weighted by atomic mass is 15.0. The topological polar surface area (TPSA) is 9.86 Å². The van der Waals surface area contributed by atoms with Crippen molar-refractivity contribution in [2.24, 2.45) is 0 Å². The fourth-order valence-electron chi connectivity index (χ4n) is 7.74. The Bertz CT molecular complexity index is 2170. The normalized spacial score (nSPS) is 13.2. The molecule has 0 saturated heterocycles. The zero-order valence-electron chi connectivity index (χ0n) is 25.1. The van der Waals surface area contributed by atoms with E-state index < -0.39 is 0 Å². The van der Waals surface area contributed by atoms with Gasteiger partial charge in [0.25, 0.3) is 0 Å². The molecule has 5 aromatic carbocycles. The van der Waals surface area contributed by atoms with Crippen molar-refractivity contribution in [3.05, 3.63) is 113 Å². The summed E-state index contributed by atoms with van der Waals surface area (Å²) in [5, 5.41) is 5.37. The van der Waals surface area contributed by atoms with Crippen LogP contribution in [-0.2, 0) is 5.41 Å². The van der Waals surface area contributed by atoms with Crippen molar-refractivity contribution < 1.29 is 0 Å². The van der Waals surface area contributed by atoms with Gasteiger partial charge in [-0.1, -0.05) is 92.6 Å². The molecule has 2 nitrogen and oxygen atoms in total. The SMILES string of the molecule is Cc1cc(C)c2c(c1)c1cc(C)cc(C)c1n2B1c2ccccc2-n2c3cc(C(C)(C)C)ccc3c3cccc1c32. The van der Waals surface area contributed by atoms with Crippen LogP contribution in [-0.4, -0.2) is 15.9 Å². The highest BCUT2D eigenvalue weighted by molar-refractivity contribution is 6.88. The second kappa shape index (κ2) is 8.16. The molecule has 3 heterocycles. The third-order valence-corrected chi connectivity index (χ3v) is 9.37. The number of nitrogens with zero attached hydrogens (tertiary/aromatic N) is 2. The Morgan fingerprint density at radius 2 is 1.20 bits per heavy atom. The number of rotatable bonds is 1. The first-order valence-electron chi connectivity index (χ1n) is 14.8. The van der Waals surface area contributed by atoms with Crippen LogP contribution in [0.15, 0.2) is 84.9 Å². The molecule has 7 aromatic rings. The molecule has 2 aromatic heterocycles. The van der Waals surface area contributed by atoms with E-state index in [-0.39, 0.29) is 12.3 Å². The largest absolute Gasteiger partial charge is 0.375 e. The fraction of sp³-hybridized carbons (Fsp3) is 0.211. The lowest BCUT2D eigenvalue weighted by Crippen LogP contribution is -2.53. The van der Waals surface area contributed by atoms with Gasteiger partial charge in [0.2, 0.25) is 0 Å². The average molecular weight is 531 g/mol. The second-order valence-electron chi connectivity index (χ2n) is 13.3. The smallest absolute Gasteiger partial charge is 0.332 e. The van der Waals surface area contributed by atoms with Gasteiger partial charge in [0, 0.05) is 38.3 Å². The number of para-hydroxylation sites is 2. The van der Waals surface area contributed by atoms with Crippen LogP contribution < -0.4 is 10.9 Å². The van der Waals surface area contributed by atoms with Crippen molar-refractivity contribution >= 4 is 61.4 Å². The van der Waals surface area contributed by atoms with Crippen LogP contribution in [0.25, 0.3) is 49.3 Å². The molecule has 41 heavy (non-hydrogen) atoms. The van der Waals surface area contributed by atoms with Crippen LogP contribution in [0.2, 0.25) is 0 Å². The van der Waals surface area contributed by atoms with Gasteiger partial charge >= 0.3 is 6.85 Å². The standard InChI is InChI=1S/C38H35BN2/c1-22-17-24(3)35-29(19-22)30-20-23(2)18-25(4)36(30)41(35)39-31-12-8-9-14-33(31)40-34-21-26(38(5,6)7)15-16-27(34)28-11-10-13-32(39)37(28)40/h8-21H,1-7H3. The summed E-state index contributed by atoms with van der Waals surface area (Å²) in [6.07, 6.45) is 0. The van der Waals surface area contributed by atoms with Gasteiger partial charge in [-0.15, -0.1) is 0 Å². The molecule has 200 valence electrons. The molecular formula is C38H35BN2. The van der Waals surface area contributed by atoms with Crippen LogP contribution in [0.4, 0.5) is 0 Å². The maximum absolute atomic E-state index is 2.67. The van der Waals surface area contributed by atoms with Gasteiger partial charge in [-0.05, 0) is 85.0 Å². The van der Waals surface area contributed by atoms with E-state index in [0.29, 0.717) is 0 Å². The molecule has 3 heteroatoms. The van der Waals surface area contributed by atoms with Crippen molar-refractivity contribution in [3.63, 3.8) is 0 Å². The first-order chi connectivity index (χ1) is 19.6.